The lowest BCUT2D eigenvalue weighted by Crippen LogP contribution is -3.19. The summed E-state index contributed by atoms with van der Waals surface area (Å²) in [6.45, 7) is 7.24. The monoisotopic (exact) mass is 420 g/mol. The number of amides is 1. The average Bonchev–Trinajstić information content (AvgIpc) is 2.69. The molecular weight excluding hydrogens is 393 g/mol. The molecule has 1 heterocycles. The number of hydrogen-bond acceptors (Lipinski definition) is 3. The minimum absolute atomic E-state index is 0.0997. The fourth-order valence-corrected chi connectivity index (χ4v) is 5.13. The van der Waals surface area contributed by atoms with Crippen molar-refractivity contribution in [1.29, 1.82) is 0 Å². The van der Waals surface area contributed by atoms with Crippen LogP contribution in [-0.4, -0.2) is 50.9 Å². The molecular formula is C21H27FN3O3S+. The van der Waals surface area contributed by atoms with E-state index in [4.69, 9.17) is 0 Å². The highest BCUT2D eigenvalue weighted by molar-refractivity contribution is 7.89. The summed E-state index contributed by atoms with van der Waals surface area (Å²) in [4.78, 5) is 13.4. The van der Waals surface area contributed by atoms with Crippen LogP contribution in [0.25, 0.3) is 0 Å². The first-order valence-corrected chi connectivity index (χ1v) is 11.1. The Morgan fingerprint density at radius 3 is 2.41 bits per heavy atom. The lowest BCUT2D eigenvalue weighted by atomic mass is 10.1. The number of carbonyl (C=O) groups excluding carboxylic acids is 1. The molecule has 29 heavy (non-hydrogen) atoms. The Bertz CT molecular complexity index is 1000. The van der Waals surface area contributed by atoms with Gasteiger partial charge in [0.25, 0.3) is 5.91 Å². The zero-order valence-electron chi connectivity index (χ0n) is 16.9. The lowest BCUT2D eigenvalue weighted by molar-refractivity contribution is -0.917. The highest BCUT2D eigenvalue weighted by atomic mass is 32.2. The van der Waals surface area contributed by atoms with Crippen LogP contribution >= 0.6 is 0 Å². The number of benzene rings is 2. The minimum Gasteiger partial charge on any atom is -0.323 e. The molecule has 1 amide bonds. The van der Waals surface area contributed by atoms with E-state index in [1.807, 2.05) is 39.0 Å². The van der Waals surface area contributed by atoms with Gasteiger partial charge in [-0.25, -0.2) is 12.8 Å². The SMILES string of the molecule is Cc1ccc(NC(=O)[C@H](C)[NH+]2CCN(S(=O)(=O)c3ccccc3F)CC2)c(C)c1. The molecule has 0 spiro atoms. The van der Waals surface area contributed by atoms with Crippen molar-refractivity contribution in [2.75, 3.05) is 31.5 Å². The summed E-state index contributed by atoms with van der Waals surface area (Å²) in [5.74, 6) is -0.846. The minimum atomic E-state index is -3.88. The van der Waals surface area contributed by atoms with Gasteiger partial charge in [-0.2, -0.15) is 4.31 Å². The summed E-state index contributed by atoms with van der Waals surface area (Å²) < 4.78 is 40.7. The van der Waals surface area contributed by atoms with Gasteiger partial charge in [0.15, 0.2) is 6.04 Å². The normalized spacial score (nSPS) is 17.1. The molecule has 1 saturated heterocycles. The largest absolute Gasteiger partial charge is 0.323 e. The van der Waals surface area contributed by atoms with Crippen molar-refractivity contribution in [3.05, 3.63) is 59.4 Å². The molecule has 8 heteroatoms. The molecule has 6 nitrogen and oxygen atoms in total. The van der Waals surface area contributed by atoms with Gasteiger partial charge in [0.2, 0.25) is 10.0 Å². The maximum absolute atomic E-state index is 14.0. The number of rotatable bonds is 5. The first-order valence-electron chi connectivity index (χ1n) is 9.67. The second-order valence-electron chi connectivity index (χ2n) is 7.52. The smallest absolute Gasteiger partial charge is 0.282 e. The number of piperazine rings is 1. The van der Waals surface area contributed by atoms with E-state index in [2.05, 4.69) is 5.32 Å². The number of nitrogens with one attached hydrogen (secondary N) is 2. The van der Waals surface area contributed by atoms with E-state index in [9.17, 15) is 17.6 Å². The standard InChI is InChI=1S/C21H26FN3O3S/c1-15-8-9-19(16(2)14-15)23-21(26)17(3)24-10-12-25(13-11-24)29(27,28)20-7-5-4-6-18(20)22/h4-9,14,17H,10-13H2,1-3H3,(H,23,26)/p+1/t17-/m0/s1. The third kappa shape index (κ3) is 4.66. The molecule has 2 N–H and O–H groups in total. The van der Waals surface area contributed by atoms with E-state index in [1.54, 1.807) is 0 Å². The van der Waals surface area contributed by atoms with Crippen molar-refractivity contribution >= 4 is 21.6 Å². The number of hydrogen-bond donors (Lipinski definition) is 2. The van der Waals surface area contributed by atoms with E-state index < -0.39 is 15.8 Å². The molecule has 1 aliphatic rings. The quantitative estimate of drug-likeness (QED) is 0.767. The number of aryl methyl sites for hydroxylation is 2. The molecule has 1 fully saturated rings. The van der Waals surface area contributed by atoms with Gasteiger partial charge in [0, 0.05) is 5.69 Å². The average molecular weight is 421 g/mol. The Hall–Kier alpha value is -2.29. The van der Waals surface area contributed by atoms with Crippen LogP contribution in [0.4, 0.5) is 10.1 Å². The first kappa shape index (κ1) is 21.4. The summed E-state index contributed by atoms with van der Waals surface area (Å²) >= 11 is 0. The number of nitrogens with zero attached hydrogens (tertiary/aromatic N) is 1. The zero-order chi connectivity index (χ0) is 21.2. The molecule has 0 radical (unpaired) electrons. The number of carbonyl (C=O) groups is 1. The summed E-state index contributed by atoms with van der Waals surface area (Å²) in [6.07, 6.45) is 0. The second kappa shape index (κ2) is 8.61. The first-order chi connectivity index (χ1) is 13.7. The molecule has 0 unspecified atom stereocenters. The van der Waals surface area contributed by atoms with Gasteiger partial charge in [0.05, 0.1) is 26.2 Å². The fraction of sp³-hybridized carbons (Fsp3) is 0.381. The van der Waals surface area contributed by atoms with Crippen molar-refractivity contribution < 1.29 is 22.5 Å². The molecule has 0 saturated carbocycles. The summed E-state index contributed by atoms with van der Waals surface area (Å²) in [6, 6.07) is 10.9. The molecule has 1 aliphatic heterocycles. The summed E-state index contributed by atoms with van der Waals surface area (Å²) in [7, 11) is -3.88. The predicted molar refractivity (Wildman–Crippen MR) is 110 cm³/mol. The lowest BCUT2D eigenvalue weighted by Gasteiger charge is -2.34. The third-order valence-electron chi connectivity index (χ3n) is 5.46. The van der Waals surface area contributed by atoms with Crippen LogP contribution in [0, 0.1) is 19.7 Å². The molecule has 1 atom stereocenters. The highest BCUT2D eigenvalue weighted by Crippen LogP contribution is 2.19. The topological polar surface area (TPSA) is 70.9 Å². The van der Waals surface area contributed by atoms with E-state index in [1.165, 1.54) is 22.5 Å². The van der Waals surface area contributed by atoms with E-state index in [0.29, 0.717) is 13.1 Å². The van der Waals surface area contributed by atoms with E-state index >= 15 is 0 Å². The number of sulfonamides is 1. The Balaban J connectivity index is 1.62. The second-order valence-corrected chi connectivity index (χ2v) is 9.43. The van der Waals surface area contributed by atoms with Crippen molar-refractivity contribution in [2.45, 2.75) is 31.7 Å². The molecule has 2 aromatic rings. The third-order valence-corrected chi connectivity index (χ3v) is 7.40. The van der Waals surface area contributed by atoms with Crippen molar-refractivity contribution in [3.8, 4) is 0 Å². The van der Waals surface area contributed by atoms with Gasteiger partial charge < -0.3 is 10.2 Å². The van der Waals surface area contributed by atoms with Crippen LogP contribution in [0.5, 0.6) is 0 Å². The van der Waals surface area contributed by atoms with Gasteiger partial charge >= 0.3 is 0 Å². The number of halogens is 1. The molecule has 156 valence electrons. The predicted octanol–water partition coefficient (Wildman–Crippen LogP) is 1.36. The summed E-state index contributed by atoms with van der Waals surface area (Å²) in [5, 5.41) is 2.97. The van der Waals surface area contributed by atoms with E-state index in [-0.39, 0.29) is 29.9 Å². The van der Waals surface area contributed by atoms with E-state index in [0.717, 1.165) is 27.8 Å². The van der Waals surface area contributed by atoms with Crippen molar-refractivity contribution in [1.82, 2.24) is 4.31 Å². The maximum atomic E-state index is 14.0. The van der Waals surface area contributed by atoms with Gasteiger partial charge in [-0.15, -0.1) is 0 Å². The van der Waals surface area contributed by atoms with Gasteiger partial charge in [-0.3, -0.25) is 4.79 Å². The van der Waals surface area contributed by atoms with Crippen molar-refractivity contribution in [2.24, 2.45) is 0 Å². The van der Waals surface area contributed by atoms with Gasteiger partial charge in [0.1, 0.15) is 10.7 Å². The van der Waals surface area contributed by atoms with Crippen LogP contribution in [-0.2, 0) is 14.8 Å². The Kier molecular flexibility index (Phi) is 6.36. The molecule has 2 aromatic carbocycles. The number of quaternary nitrogens is 1. The molecule has 0 aliphatic carbocycles. The van der Waals surface area contributed by atoms with Gasteiger partial charge in [-0.1, -0.05) is 29.8 Å². The zero-order valence-corrected chi connectivity index (χ0v) is 17.7. The Morgan fingerprint density at radius 1 is 1.14 bits per heavy atom. The van der Waals surface area contributed by atoms with Crippen LogP contribution < -0.4 is 10.2 Å². The molecule has 3 rings (SSSR count). The van der Waals surface area contributed by atoms with Crippen LogP contribution in [0.3, 0.4) is 0 Å². The van der Waals surface area contributed by atoms with Gasteiger partial charge in [-0.05, 0) is 44.5 Å². The highest BCUT2D eigenvalue weighted by Gasteiger charge is 2.35. The molecule has 0 bridgehead atoms. The fourth-order valence-electron chi connectivity index (χ4n) is 3.62. The van der Waals surface area contributed by atoms with Crippen LogP contribution in [0.2, 0.25) is 0 Å². The van der Waals surface area contributed by atoms with Crippen molar-refractivity contribution in [3.63, 3.8) is 0 Å². The molecule has 0 aromatic heterocycles. The Morgan fingerprint density at radius 2 is 1.79 bits per heavy atom. The Labute approximate surface area is 171 Å². The maximum Gasteiger partial charge on any atom is 0.282 e. The number of anilines is 1. The summed E-state index contributed by atoms with van der Waals surface area (Å²) in [5.41, 5.74) is 2.92. The van der Waals surface area contributed by atoms with Crippen LogP contribution in [0.1, 0.15) is 18.1 Å². The van der Waals surface area contributed by atoms with Crippen LogP contribution in [0.15, 0.2) is 47.4 Å².